The molecule has 20 heavy (non-hydrogen) atoms. The minimum absolute atomic E-state index is 0.0321. The Morgan fingerprint density at radius 2 is 1.60 bits per heavy atom. The van der Waals surface area contributed by atoms with Gasteiger partial charge >= 0.3 is 0 Å². The van der Waals surface area contributed by atoms with E-state index in [0.717, 1.165) is 5.56 Å². The predicted molar refractivity (Wildman–Crippen MR) is 76.6 cm³/mol. The van der Waals surface area contributed by atoms with Crippen molar-refractivity contribution in [3.63, 3.8) is 0 Å². The summed E-state index contributed by atoms with van der Waals surface area (Å²) in [7, 11) is 0. The number of carbonyl (C=O) groups is 1. The van der Waals surface area contributed by atoms with Crippen LogP contribution >= 0.6 is 0 Å². The van der Waals surface area contributed by atoms with Gasteiger partial charge in [-0.15, -0.1) is 6.42 Å². The van der Waals surface area contributed by atoms with Crippen LogP contribution in [0.15, 0.2) is 48.5 Å². The first-order valence-electron chi connectivity index (χ1n) is 6.15. The molecule has 0 aliphatic rings. The van der Waals surface area contributed by atoms with Crippen molar-refractivity contribution in [3.05, 3.63) is 65.2 Å². The maximum atomic E-state index is 12.2. The molecule has 3 nitrogen and oxygen atoms in total. The highest BCUT2D eigenvalue weighted by Gasteiger charge is 2.08. The fraction of sp³-hybridized carbons (Fsp3) is 0.118. The third-order valence-electron chi connectivity index (χ3n) is 2.84. The second-order valence-electron chi connectivity index (χ2n) is 4.20. The molecule has 0 bridgehead atoms. The molecule has 0 aliphatic carbocycles. The minimum Gasteiger partial charge on any atom is -0.481 e. The Labute approximate surface area is 117 Å². The maximum Gasteiger partial charge on any atom is 0.193 e. The molecule has 2 rings (SSSR count). The standard InChI is InChI=1S/C17H14O3/c1-2-11-20-16-9-7-15(8-10-16)17(19)14-5-3-13(12-18)4-6-14/h1,3-10,18H,11-12H2. The number of hydrogen-bond donors (Lipinski definition) is 1. The molecule has 0 spiro atoms. The van der Waals surface area contributed by atoms with Gasteiger partial charge in [0.15, 0.2) is 5.78 Å². The summed E-state index contributed by atoms with van der Waals surface area (Å²) < 4.78 is 5.25. The molecule has 0 aliphatic heterocycles. The van der Waals surface area contributed by atoms with Gasteiger partial charge in [0.05, 0.1) is 6.61 Å². The van der Waals surface area contributed by atoms with Crippen molar-refractivity contribution < 1.29 is 14.6 Å². The van der Waals surface area contributed by atoms with Crippen LogP contribution in [0.2, 0.25) is 0 Å². The average molecular weight is 266 g/mol. The van der Waals surface area contributed by atoms with E-state index >= 15 is 0 Å². The summed E-state index contributed by atoms with van der Waals surface area (Å²) >= 11 is 0. The molecule has 0 saturated carbocycles. The first kappa shape index (κ1) is 13.9. The van der Waals surface area contributed by atoms with Gasteiger partial charge in [0, 0.05) is 11.1 Å². The zero-order valence-electron chi connectivity index (χ0n) is 10.9. The molecule has 0 amide bonds. The Hall–Kier alpha value is -2.57. The van der Waals surface area contributed by atoms with Crippen molar-refractivity contribution in [2.24, 2.45) is 0 Å². The van der Waals surface area contributed by atoms with Gasteiger partial charge in [-0.05, 0) is 29.8 Å². The van der Waals surface area contributed by atoms with Crippen molar-refractivity contribution in [2.45, 2.75) is 6.61 Å². The van der Waals surface area contributed by atoms with Crippen LogP contribution in [0.3, 0.4) is 0 Å². The van der Waals surface area contributed by atoms with Crippen molar-refractivity contribution in [2.75, 3.05) is 6.61 Å². The summed E-state index contributed by atoms with van der Waals surface area (Å²) in [6, 6.07) is 13.7. The maximum absolute atomic E-state index is 12.2. The van der Waals surface area contributed by atoms with Crippen LogP contribution in [0, 0.1) is 12.3 Å². The summed E-state index contributed by atoms with van der Waals surface area (Å²) in [6.07, 6.45) is 5.11. The number of benzene rings is 2. The lowest BCUT2D eigenvalue weighted by atomic mass is 10.0. The van der Waals surface area contributed by atoms with E-state index in [1.54, 1.807) is 48.5 Å². The number of ether oxygens (including phenoxy) is 1. The van der Waals surface area contributed by atoms with Gasteiger partial charge in [0.1, 0.15) is 12.4 Å². The van der Waals surface area contributed by atoms with Gasteiger partial charge in [0.2, 0.25) is 0 Å². The second kappa shape index (κ2) is 6.55. The van der Waals surface area contributed by atoms with E-state index in [2.05, 4.69) is 5.92 Å². The summed E-state index contributed by atoms with van der Waals surface area (Å²) in [5.74, 6) is 2.94. The van der Waals surface area contributed by atoms with Crippen LogP contribution < -0.4 is 4.74 Å². The Balaban J connectivity index is 2.14. The number of aliphatic hydroxyl groups is 1. The molecule has 0 fully saturated rings. The molecule has 0 aromatic heterocycles. The lowest BCUT2D eigenvalue weighted by Crippen LogP contribution is -2.02. The van der Waals surface area contributed by atoms with Gasteiger partial charge in [-0.25, -0.2) is 0 Å². The molecule has 0 saturated heterocycles. The van der Waals surface area contributed by atoms with Crippen LogP contribution in [0.1, 0.15) is 21.5 Å². The molecular formula is C17H14O3. The monoisotopic (exact) mass is 266 g/mol. The van der Waals surface area contributed by atoms with Crippen LogP contribution in [0.5, 0.6) is 5.75 Å². The normalized spacial score (nSPS) is 9.80. The molecule has 1 N–H and O–H groups in total. The van der Waals surface area contributed by atoms with E-state index in [4.69, 9.17) is 16.3 Å². The Bertz CT molecular complexity index is 619. The minimum atomic E-state index is -0.0713. The molecule has 0 unspecified atom stereocenters. The largest absolute Gasteiger partial charge is 0.481 e. The van der Waals surface area contributed by atoms with E-state index < -0.39 is 0 Å². The molecule has 0 heterocycles. The Kier molecular flexibility index (Phi) is 4.54. The fourth-order valence-corrected chi connectivity index (χ4v) is 1.76. The van der Waals surface area contributed by atoms with Crippen molar-refractivity contribution in [1.29, 1.82) is 0 Å². The smallest absolute Gasteiger partial charge is 0.193 e. The number of ketones is 1. The quantitative estimate of drug-likeness (QED) is 0.668. The zero-order valence-corrected chi connectivity index (χ0v) is 10.9. The summed E-state index contributed by atoms with van der Waals surface area (Å²) in [5, 5.41) is 8.97. The fourth-order valence-electron chi connectivity index (χ4n) is 1.76. The first-order chi connectivity index (χ1) is 9.74. The SMILES string of the molecule is C#CCOc1ccc(C(=O)c2ccc(CO)cc2)cc1. The van der Waals surface area contributed by atoms with E-state index in [1.807, 2.05) is 0 Å². The summed E-state index contributed by atoms with van der Waals surface area (Å²) in [6.45, 7) is 0.172. The Morgan fingerprint density at radius 3 is 2.10 bits per heavy atom. The van der Waals surface area contributed by atoms with Crippen LogP contribution in [0.25, 0.3) is 0 Å². The van der Waals surface area contributed by atoms with Crippen molar-refractivity contribution in [1.82, 2.24) is 0 Å². The third-order valence-corrected chi connectivity index (χ3v) is 2.84. The van der Waals surface area contributed by atoms with E-state index in [0.29, 0.717) is 16.9 Å². The highest BCUT2D eigenvalue weighted by atomic mass is 16.5. The summed E-state index contributed by atoms with van der Waals surface area (Å²) in [5.41, 5.74) is 1.94. The average Bonchev–Trinajstić information content (AvgIpc) is 2.53. The number of aliphatic hydroxyl groups excluding tert-OH is 1. The first-order valence-corrected chi connectivity index (χ1v) is 6.15. The van der Waals surface area contributed by atoms with Gasteiger partial charge in [-0.1, -0.05) is 30.2 Å². The van der Waals surface area contributed by atoms with E-state index in [-0.39, 0.29) is 19.0 Å². The van der Waals surface area contributed by atoms with Gasteiger partial charge in [-0.2, -0.15) is 0 Å². The molecule has 0 radical (unpaired) electrons. The highest BCUT2D eigenvalue weighted by Crippen LogP contribution is 2.16. The van der Waals surface area contributed by atoms with Crippen LogP contribution in [-0.4, -0.2) is 17.5 Å². The molecule has 3 heteroatoms. The molecule has 0 atom stereocenters. The third kappa shape index (κ3) is 3.25. The topological polar surface area (TPSA) is 46.5 Å². The lowest BCUT2D eigenvalue weighted by Gasteiger charge is -2.05. The second-order valence-corrected chi connectivity index (χ2v) is 4.20. The van der Waals surface area contributed by atoms with Crippen molar-refractivity contribution in [3.8, 4) is 18.1 Å². The number of carbonyl (C=O) groups excluding carboxylic acids is 1. The number of hydrogen-bond acceptors (Lipinski definition) is 3. The molecule has 100 valence electrons. The van der Waals surface area contributed by atoms with E-state index in [1.165, 1.54) is 0 Å². The lowest BCUT2D eigenvalue weighted by molar-refractivity contribution is 0.103. The summed E-state index contributed by atoms with van der Waals surface area (Å²) in [4.78, 5) is 12.2. The highest BCUT2D eigenvalue weighted by molar-refractivity contribution is 6.09. The Morgan fingerprint density at radius 1 is 1.05 bits per heavy atom. The predicted octanol–water partition coefficient (Wildman–Crippen LogP) is 2.42. The molecular weight excluding hydrogens is 252 g/mol. The van der Waals surface area contributed by atoms with Gasteiger partial charge in [-0.3, -0.25) is 4.79 Å². The molecule has 2 aromatic rings. The van der Waals surface area contributed by atoms with E-state index in [9.17, 15) is 4.79 Å². The number of terminal acetylenes is 1. The molecule has 2 aromatic carbocycles. The van der Waals surface area contributed by atoms with Gasteiger partial charge in [0.25, 0.3) is 0 Å². The van der Waals surface area contributed by atoms with Gasteiger partial charge < -0.3 is 9.84 Å². The van der Waals surface area contributed by atoms with Crippen LogP contribution in [0.4, 0.5) is 0 Å². The van der Waals surface area contributed by atoms with Crippen LogP contribution in [-0.2, 0) is 6.61 Å². The number of rotatable bonds is 5. The zero-order chi connectivity index (χ0) is 14.4. The van der Waals surface area contributed by atoms with Crippen molar-refractivity contribution >= 4 is 5.78 Å².